The quantitative estimate of drug-likeness (QED) is 0.261. The number of ether oxygens (including phenoxy) is 1. The minimum atomic E-state index is -2.50. The number of hydrogen-bond acceptors (Lipinski definition) is 9. The molecular formula is C19H21IN6O5. The molecule has 4 atom stereocenters. The first-order valence-electron chi connectivity index (χ1n) is 10.1. The number of carbonyl (C=O) groups excluding carboxylic acids is 1. The number of amides is 1. The van der Waals surface area contributed by atoms with E-state index in [1.165, 1.54) is 12.7 Å². The number of nitrogens with one attached hydrogen (secondary N) is 2. The monoisotopic (exact) mass is 541 g/mol. The number of fused-ring (bicyclic) bond motifs is 1. The fourth-order valence-corrected chi connectivity index (χ4v) is 4.05. The third-order valence-corrected chi connectivity index (χ3v) is 5.70. The molecule has 2 aromatic heterocycles. The van der Waals surface area contributed by atoms with Crippen LogP contribution in [0.4, 0.5) is 5.82 Å². The van der Waals surface area contributed by atoms with Crippen molar-refractivity contribution >= 4 is 45.5 Å². The number of anilines is 1. The second-order valence-corrected chi connectivity index (χ2v) is 8.23. The van der Waals surface area contributed by atoms with Crippen molar-refractivity contribution in [1.29, 1.82) is 0 Å². The maximum atomic E-state index is 12.0. The van der Waals surface area contributed by atoms with E-state index < -0.39 is 37.2 Å². The van der Waals surface area contributed by atoms with Crippen molar-refractivity contribution < 1.29 is 26.2 Å². The van der Waals surface area contributed by atoms with Gasteiger partial charge in [-0.3, -0.25) is 9.36 Å². The molecule has 1 amide bonds. The predicted molar refractivity (Wildman–Crippen MR) is 118 cm³/mol. The van der Waals surface area contributed by atoms with Crippen LogP contribution in [0.1, 0.15) is 6.93 Å². The molecule has 4 rings (SSSR count). The van der Waals surface area contributed by atoms with E-state index in [2.05, 4.69) is 54.2 Å². The Morgan fingerprint density at radius 2 is 2.23 bits per heavy atom. The second-order valence-electron chi connectivity index (χ2n) is 6.99. The first-order valence-corrected chi connectivity index (χ1v) is 10.4. The van der Waals surface area contributed by atoms with Crippen LogP contribution in [0, 0.1) is 3.57 Å². The van der Waals surface area contributed by atoms with Gasteiger partial charge in [-0.05, 0) is 46.7 Å². The van der Waals surface area contributed by atoms with Gasteiger partial charge in [-0.15, -0.1) is 0 Å². The van der Waals surface area contributed by atoms with Gasteiger partial charge in [0.15, 0.2) is 29.2 Å². The van der Waals surface area contributed by atoms with Crippen LogP contribution in [0.5, 0.6) is 0 Å². The summed E-state index contributed by atoms with van der Waals surface area (Å²) in [5.41, 5.74) is 1.60. The van der Waals surface area contributed by atoms with Gasteiger partial charge >= 0.3 is 0 Å². The fraction of sp³-hybridized carbons (Fsp3) is 0.368. The molecule has 0 radical (unpaired) electrons. The van der Waals surface area contributed by atoms with E-state index in [0.29, 0.717) is 17.9 Å². The predicted octanol–water partition coefficient (Wildman–Crippen LogP) is -0.445. The minimum absolute atomic E-state index is 0.132. The summed E-state index contributed by atoms with van der Waals surface area (Å²) in [6.07, 6.45) is -1.98. The number of benzene rings is 1. The number of aromatic nitrogens is 4. The first-order chi connectivity index (χ1) is 15.3. The Morgan fingerprint density at radius 1 is 1.39 bits per heavy atom. The Labute approximate surface area is 192 Å². The molecule has 31 heavy (non-hydrogen) atoms. The maximum Gasteiger partial charge on any atom is 0.286 e. The lowest BCUT2D eigenvalue weighted by atomic mass is 10.1. The zero-order valence-electron chi connectivity index (χ0n) is 17.1. The van der Waals surface area contributed by atoms with Crippen molar-refractivity contribution in [2.24, 2.45) is 0 Å². The highest BCUT2D eigenvalue weighted by molar-refractivity contribution is 14.1. The topological polar surface area (TPSA) is 155 Å². The third kappa shape index (κ3) is 3.96. The molecule has 0 aliphatic carbocycles. The van der Waals surface area contributed by atoms with Crippen LogP contribution in [0.25, 0.3) is 11.2 Å². The SMILES string of the molecule is [2H]CNC(=O)[C@H]1OC(O)(n2cnc3c(NCCc4cccc(I)c4)ncnc32)[C@H](O)[C@@H]1O. The summed E-state index contributed by atoms with van der Waals surface area (Å²) in [6, 6.07) is 8.11. The van der Waals surface area contributed by atoms with Gasteiger partial charge < -0.3 is 30.7 Å². The first kappa shape index (κ1) is 20.5. The third-order valence-electron chi connectivity index (χ3n) is 5.03. The Balaban J connectivity index is 1.56. The smallest absolute Gasteiger partial charge is 0.286 e. The Morgan fingerprint density at radius 3 is 3.00 bits per heavy atom. The van der Waals surface area contributed by atoms with Gasteiger partial charge in [0, 0.05) is 18.5 Å². The van der Waals surface area contributed by atoms with E-state index in [9.17, 15) is 20.1 Å². The lowest BCUT2D eigenvalue weighted by Gasteiger charge is -2.27. The number of hydrogen-bond donors (Lipinski definition) is 5. The fourth-order valence-electron chi connectivity index (χ4n) is 3.44. The molecule has 3 aromatic rings. The second kappa shape index (κ2) is 8.63. The average molecular weight is 541 g/mol. The van der Waals surface area contributed by atoms with Gasteiger partial charge in [-0.25, -0.2) is 15.0 Å². The van der Waals surface area contributed by atoms with E-state index in [4.69, 9.17) is 6.11 Å². The summed E-state index contributed by atoms with van der Waals surface area (Å²) < 4.78 is 14.6. The molecular weight excluding hydrogens is 519 g/mol. The van der Waals surface area contributed by atoms with Crippen molar-refractivity contribution in [3.63, 3.8) is 0 Å². The van der Waals surface area contributed by atoms with Crippen LogP contribution in [0.15, 0.2) is 36.9 Å². The standard InChI is InChI=1S/C19H21IN6O5/c1-21-18(29)14-13(27)15(28)19(30,31-14)26-9-25-12-16(23-8-24-17(12)26)22-6-5-10-3-2-4-11(20)7-10/h2-4,7-9,13-15,27-28,30H,5-6H2,1H3,(H,21,29)(H,22,23,24)/t13-,14+,15-,19?/m1/s1/i1D. The van der Waals surface area contributed by atoms with E-state index in [1.54, 1.807) is 0 Å². The molecule has 3 heterocycles. The molecule has 5 N–H and O–H groups in total. The number of likely N-dealkylation sites (N-methyl/N-ethyl adjacent to an activating group) is 1. The Bertz CT molecular complexity index is 1130. The summed E-state index contributed by atoms with van der Waals surface area (Å²) in [4.78, 5) is 24.6. The maximum absolute atomic E-state index is 12.0. The summed E-state index contributed by atoms with van der Waals surface area (Å²) in [7, 11) is -0.446. The van der Waals surface area contributed by atoms with Crippen LogP contribution in [0.2, 0.25) is 0 Å². The van der Waals surface area contributed by atoms with Gasteiger partial charge in [0.2, 0.25) is 0 Å². The molecule has 11 nitrogen and oxygen atoms in total. The number of imidazole rings is 1. The highest BCUT2D eigenvalue weighted by Crippen LogP contribution is 2.35. The zero-order chi connectivity index (χ0) is 22.9. The molecule has 1 aliphatic heterocycles. The van der Waals surface area contributed by atoms with E-state index in [1.807, 2.05) is 18.2 Å². The molecule has 0 bridgehead atoms. The molecule has 1 saturated heterocycles. The number of halogens is 1. The highest BCUT2D eigenvalue weighted by atomic mass is 127. The van der Waals surface area contributed by atoms with Crippen LogP contribution in [-0.2, 0) is 21.9 Å². The molecule has 0 spiro atoms. The molecule has 12 heteroatoms. The summed E-state index contributed by atoms with van der Waals surface area (Å²) in [5.74, 6) is -2.91. The summed E-state index contributed by atoms with van der Waals surface area (Å²) in [6.45, 7) is 0.566. The molecule has 0 saturated carbocycles. The van der Waals surface area contributed by atoms with Crippen molar-refractivity contribution in [3.05, 3.63) is 46.1 Å². The van der Waals surface area contributed by atoms with Gasteiger partial charge in [-0.1, -0.05) is 12.1 Å². The normalized spacial score (nSPS) is 26.1. The molecule has 1 aliphatic rings. The van der Waals surface area contributed by atoms with Gasteiger partial charge in [0.05, 0.1) is 0 Å². The lowest BCUT2D eigenvalue weighted by molar-refractivity contribution is -0.282. The van der Waals surface area contributed by atoms with Crippen molar-refractivity contribution in [3.8, 4) is 0 Å². The molecule has 1 aromatic carbocycles. The Hall–Kier alpha value is -2.39. The van der Waals surface area contributed by atoms with E-state index >= 15 is 0 Å². The van der Waals surface area contributed by atoms with Crippen molar-refractivity contribution in [1.82, 2.24) is 24.8 Å². The van der Waals surface area contributed by atoms with Crippen LogP contribution >= 0.6 is 22.6 Å². The number of rotatable bonds is 6. The van der Waals surface area contributed by atoms with Crippen LogP contribution < -0.4 is 10.6 Å². The van der Waals surface area contributed by atoms with Gasteiger partial charge in [0.25, 0.3) is 11.8 Å². The summed E-state index contributed by atoms with van der Waals surface area (Å²) >= 11 is 2.25. The largest absolute Gasteiger partial charge is 0.387 e. The van der Waals surface area contributed by atoms with E-state index in [-0.39, 0.29) is 5.65 Å². The summed E-state index contributed by atoms with van der Waals surface area (Å²) in [5, 5.41) is 37.0. The average Bonchev–Trinajstić information content (AvgIpc) is 3.31. The lowest BCUT2D eigenvalue weighted by Crippen LogP contribution is -2.45. The highest BCUT2D eigenvalue weighted by Gasteiger charge is 2.57. The minimum Gasteiger partial charge on any atom is -0.387 e. The number of carbonyl (C=O) groups is 1. The Kier molecular flexibility index (Phi) is 5.71. The van der Waals surface area contributed by atoms with Gasteiger partial charge in [0.1, 0.15) is 18.8 Å². The number of nitrogens with zero attached hydrogens (tertiary/aromatic N) is 4. The molecule has 164 valence electrons. The number of aliphatic hydroxyl groups is 3. The van der Waals surface area contributed by atoms with Crippen LogP contribution in [-0.4, -0.2) is 72.6 Å². The van der Waals surface area contributed by atoms with Crippen molar-refractivity contribution in [2.75, 3.05) is 18.9 Å². The van der Waals surface area contributed by atoms with Crippen LogP contribution in [0.3, 0.4) is 0 Å². The van der Waals surface area contributed by atoms with E-state index in [0.717, 1.165) is 20.1 Å². The molecule has 1 unspecified atom stereocenters. The zero-order valence-corrected chi connectivity index (χ0v) is 18.3. The van der Waals surface area contributed by atoms with Gasteiger partial charge in [-0.2, -0.15) is 0 Å². The number of aliphatic hydroxyl groups excluding tert-OH is 2. The van der Waals surface area contributed by atoms with Crippen molar-refractivity contribution in [2.45, 2.75) is 30.6 Å². The molecule has 1 fully saturated rings.